The molecule has 2 saturated heterocycles. The predicted molar refractivity (Wildman–Crippen MR) is 108 cm³/mol. The predicted octanol–water partition coefficient (Wildman–Crippen LogP) is 3.04. The number of alkyl halides is 2. The number of carbonyl (C=O) groups excluding carboxylic acids is 2. The molecule has 0 aromatic heterocycles. The van der Waals surface area contributed by atoms with Crippen LogP contribution in [0.1, 0.15) is 44.0 Å². The molecule has 1 aromatic carbocycles. The van der Waals surface area contributed by atoms with Crippen LogP contribution in [0, 0.1) is 5.41 Å². The molecule has 2 unspecified atom stereocenters. The van der Waals surface area contributed by atoms with Gasteiger partial charge in [-0.15, -0.1) is 11.6 Å². The second-order valence-corrected chi connectivity index (χ2v) is 9.44. The first-order valence-corrected chi connectivity index (χ1v) is 10.2. The van der Waals surface area contributed by atoms with Crippen LogP contribution in [0.3, 0.4) is 0 Å². The number of rotatable bonds is 4. The number of hydrogen-bond acceptors (Lipinski definition) is 3. The van der Waals surface area contributed by atoms with Crippen molar-refractivity contribution in [3.63, 3.8) is 0 Å². The minimum atomic E-state index is -1.52. The highest BCUT2D eigenvalue weighted by Gasteiger charge is 2.46. The Balaban J connectivity index is 1.48. The average molecular weight is 410 g/mol. The third-order valence-electron chi connectivity index (χ3n) is 5.57. The first-order chi connectivity index (χ1) is 13.1. The zero-order chi connectivity index (χ0) is 20.5. The third kappa shape index (κ3) is 4.66. The Hall–Kier alpha value is -1.66. The number of benzene rings is 1. The fourth-order valence-corrected chi connectivity index (χ4v) is 4.33. The van der Waals surface area contributed by atoms with Gasteiger partial charge in [-0.3, -0.25) is 14.5 Å². The first kappa shape index (κ1) is 21.1. The number of nitrogens with one attached hydrogen (secondary N) is 1. The Morgan fingerprint density at radius 1 is 1.25 bits per heavy atom. The minimum Gasteiger partial charge on any atom is -0.349 e. The molecule has 0 aliphatic carbocycles. The Kier molecular flexibility index (Phi) is 6.01. The minimum absolute atomic E-state index is 0.0446. The molecule has 3 rings (SSSR count). The van der Waals surface area contributed by atoms with Crippen molar-refractivity contribution in [3.8, 4) is 0 Å². The van der Waals surface area contributed by atoms with Gasteiger partial charge in [-0.2, -0.15) is 0 Å². The van der Waals surface area contributed by atoms with Crippen LogP contribution in [-0.4, -0.2) is 65.0 Å². The fourth-order valence-electron chi connectivity index (χ4n) is 3.80. The van der Waals surface area contributed by atoms with Crippen LogP contribution in [0.2, 0.25) is 0 Å². The molecular formula is C21H29ClFN3O2. The van der Waals surface area contributed by atoms with Gasteiger partial charge in [0.25, 0.3) is 5.91 Å². The van der Waals surface area contributed by atoms with E-state index in [-0.39, 0.29) is 30.8 Å². The van der Waals surface area contributed by atoms with Crippen LogP contribution < -0.4 is 5.32 Å². The Morgan fingerprint density at radius 2 is 1.89 bits per heavy atom. The van der Waals surface area contributed by atoms with Gasteiger partial charge < -0.3 is 10.2 Å². The van der Waals surface area contributed by atoms with Crippen LogP contribution in [0.5, 0.6) is 0 Å². The van der Waals surface area contributed by atoms with Gasteiger partial charge in [0.1, 0.15) is 5.67 Å². The van der Waals surface area contributed by atoms with Gasteiger partial charge in [0.15, 0.2) is 0 Å². The second-order valence-electron chi connectivity index (χ2n) is 8.94. The lowest BCUT2D eigenvalue weighted by Crippen LogP contribution is -2.66. The molecule has 1 N–H and O–H groups in total. The highest BCUT2D eigenvalue weighted by atomic mass is 35.5. The SMILES string of the molecule is CC(C)(C)C(=O)N1CC(N2CCC(F)(CNC(=O)c3ccccc3)CC2Cl)C1. The first-order valence-electron chi connectivity index (χ1n) is 9.80. The molecule has 2 atom stereocenters. The van der Waals surface area contributed by atoms with Crippen molar-refractivity contribution < 1.29 is 14.0 Å². The van der Waals surface area contributed by atoms with Crippen molar-refractivity contribution in [3.05, 3.63) is 35.9 Å². The number of amides is 2. The molecule has 5 nitrogen and oxygen atoms in total. The normalized spacial score (nSPS) is 26.6. The summed E-state index contributed by atoms with van der Waals surface area (Å²) in [5, 5.41) is 2.70. The molecule has 1 aromatic rings. The summed E-state index contributed by atoms with van der Waals surface area (Å²) in [5.74, 6) is -0.142. The maximum absolute atomic E-state index is 15.2. The van der Waals surface area contributed by atoms with Crippen molar-refractivity contribution in [2.45, 2.75) is 50.8 Å². The van der Waals surface area contributed by atoms with E-state index in [0.717, 1.165) is 0 Å². The van der Waals surface area contributed by atoms with Crippen molar-refractivity contribution in [1.29, 1.82) is 0 Å². The van der Waals surface area contributed by atoms with E-state index in [2.05, 4.69) is 10.2 Å². The molecule has 28 heavy (non-hydrogen) atoms. The number of likely N-dealkylation sites (tertiary alicyclic amines) is 2. The van der Waals surface area contributed by atoms with Gasteiger partial charge in [0.05, 0.1) is 12.0 Å². The molecule has 7 heteroatoms. The number of halogens is 2. The van der Waals surface area contributed by atoms with E-state index in [0.29, 0.717) is 31.6 Å². The summed E-state index contributed by atoms with van der Waals surface area (Å²) in [5.41, 5.74) is -1.83. The van der Waals surface area contributed by atoms with Gasteiger partial charge >= 0.3 is 0 Å². The highest BCUT2D eigenvalue weighted by Crippen LogP contribution is 2.35. The van der Waals surface area contributed by atoms with Crippen molar-refractivity contribution >= 4 is 23.4 Å². The molecule has 0 radical (unpaired) electrons. The lowest BCUT2D eigenvalue weighted by atomic mass is 9.89. The van der Waals surface area contributed by atoms with Gasteiger partial charge in [0, 0.05) is 43.1 Å². The van der Waals surface area contributed by atoms with Crippen LogP contribution in [0.25, 0.3) is 0 Å². The van der Waals surface area contributed by atoms with Crippen LogP contribution in [0.4, 0.5) is 4.39 Å². The van der Waals surface area contributed by atoms with Crippen molar-refractivity contribution in [2.24, 2.45) is 5.41 Å². The van der Waals surface area contributed by atoms with Crippen molar-refractivity contribution in [2.75, 3.05) is 26.2 Å². The molecule has 0 saturated carbocycles. The van der Waals surface area contributed by atoms with Gasteiger partial charge in [-0.1, -0.05) is 39.0 Å². The molecule has 2 heterocycles. The van der Waals surface area contributed by atoms with Crippen molar-refractivity contribution in [1.82, 2.24) is 15.1 Å². The summed E-state index contributed by atoms with van der Waals surface area (Å²) in [6, 6.07) is 8.97. The average Bonchev–Trinajstić information content (AvgIpc) is 2.60. The molecule has 2 aliphatic rings. The largest absolute Gasteiger partial charge is 0.349 e. The number of hydrogen-bond donors (Lipinski definition) is 1. The number of carbonyl (C=O) groups is 2. The Morgan fingerprint density at radius 3 is 2.46 bits per heavy atom. The van der Waals surface area contributed by atoms with Crippen LogP contribution in [0.15, 0.2) is 30.3 Å². The summed E-state index contributed by atoms with van der Waals surface area (Å²) in [4.78, 5) is 28.4. The fraction of sp³-hybridized carbons (Fsp3) is 0.619. The third-order valence-corrected chi connectivity index (χ3v) is 5.98. The molecule has 154 valence electrons. The van der Waals surface area contributed by atoms with Gasteiger partial charge in [-0.05, 0) is 18.6 Å². The van der Waals surface area contributed by atoms with E-state index < -0.39 is 16.6 Å². The van der Waals surface area contributed by atoms with Gasteiger partial charge in [0.2, 0.25) is 5.91 Å². The number of nitrogens with zero attached hydrogens (tertiary/aromatic N) is 2. The van der Waals surface area contributed by atoms with Gasteiger partial charge in [-0.25, -0.2) is 4.39 Å². The van der Waals surface area contributed by atoms with E-state index in [1.807, 2.05) is 31.7 Å². The highest BCUT2D eigenvalue weighted by molar-refractivity contribution is 6.20. The number of piperidine rings is 1. The summed E-state index contributed by atoms with van der Waals surface area (Å²) < 4.78 is 15.2. The second kappa shape index (κ2) is 7.99. The molecule has 0 bridgehead atoms. The van der Waals surface area contributed by atoms with E-state index in [1.54, 1.807) is 24.3 Å². The topological polar surface area (TPSA) is 52.7 Å². The Labute approximate surface area is 171 Å². The summed E-state index contributed by atoms with van der Waals surface area (Å²) in [6.07, 6.45) is 0.475. The monoisotopic (exact) mass is 409 g/mol. The molecular weight excluding hydrogens is 381 g/mol. The summed E-state index contributed by atoms with van der Waals surface area (Å²) in [6.45, 7) is 7.50. The maximum atomic E-state index is 15.2. The molecule has 2 fully saturated rings. The van der Waals surface area contributed by atoms with Crippen LogP contribution >= 0.6 is 11.6 Å². The molecule has 2 aliphatic heterocycles. The molecule has 2 amide bonds. The van der Waals surface area contributed by atoms with E-state index in [1.165, 1.54) is 0 Å². The van der Waals surface area contributed by atoms with E-state index in [9.17, 15) is 9.59 Å². The molecule has 0 spiro atoms. The lowest BCUT2D eigenvalue weighted by molar-refractivity contribution is -0.148. The lowest BCUT2D eigenvalue weighted by Gasteiger charge is -2.51. The van der Waals surface area contributed by atoms with E-state index >= 15 is 4.39 Å². The smallest absolute Gasteiger partial charge is 0.251 e. The zero-order valence-electron chi connectivity index (χ0n) is 16.8. The quantitative estimate of drug-likeness (QED) is 0.614. The summed E-state index contributed by atoms with van der Waals surface area (Å²) in [7, 11) is 0. The maximum Gasteiger partial charge on any atom is 0.251 e. The zero-order valence-corrected chi connectivity index (χ0v) is 17.5. The van der Waals surface area contributed by atoms with E-state index in [4.69, 9.17) is 11.6 Å². The standard InChI is InChI=1S/C21H29ClFN3O2/c1-20(2,3)19(28)25-12-16(13-25)26-10-9-21(23,11-17(26)22)14-24-18(27)15-7-5-4-6-8-15/h4-8,16-17H,9-14H2,1-3H3,(H,24,27). The van der Waals surface area contributed by atoms with Crippen LogP contribution in [-0.2, 0) is 4.79 Å². The Bertz CT molecular complexity index is 718. The summed E-state index contributed by atoms with van der Waals surface area (Å²) >= 11 is 6.49.